The topological polar surface area (TPSA) is 105 Å². The Labute approximate surface area is 204 Å². The fourth-order valence-electron chi connectivity index (χ4n) is 3.90. The van der Waals surface area contributed by atoms with E-state index in [4.69, 9.17) is 14.7 Å². The number of nitrogens with one attached hydrogen (secondary N) is 1. The number of fused-ring (bicyclic) bond motifs is 3. The molecular weight excluding hydrogens is 504 g/mol. The number of halogens is 1. The predicted molar refractivity (Wildman–Crippen MR) is 129 cm³/mol. The van der Waals surface area contributed by atoms with Gasteiger partial charge in [0.15, 0.2) is 6.61 Å². The van der Waals surface area contributed by atoms with Gasteiger partial charge in [-0.25, -0.2) is 14.7 Å². The average molecular weight is 525 g/mol. The number of hydroxylamine groups is 2. The summed E-state index contributed by atoms with van der Waals surface area (Å²) in [5, 5.41) is 12.2. The van der Waals surface area contributed by atoms with Crippen LogP contribution in [0.4, 0.5) is 10.5 Å². The lowest BCUT2D eigenvalue weighted by molar-refractivity contribution is -0.159. The number of benzene rings is 3. The van der Waals surface area contributed by atoms with Gasteiger partial charge in [0.25, 0.3) is 5.91 Å². The van der Waals surface area contributed by atoms with E-state index in [0.29, 0.717) is 10.2 Å². The number of carboxylic acids is 1. The first-order valence-corrected chi connectivity index (χ1v) is 11.2. The van der Waals surface area contributed by atoms with E-state index in [1.807, 2.05) is 36.4 Å². The molecular formula is C25H21BrN2O6. The fraction of sp³-hybridized carbons (Fsp3) is 0.160. The number of aliphatic carboxylic acids is 1. The van der Waals surface area contributed by atoms with Crippen molar-refractivity contribution in [3.63, 3.8) is 0 Å². The van der Waals surface area contributed by atoms with Gasteiger partial charge in [-0.15, -0.1) is 0 Å². The SMILES string of the molecule is CN(OCC(=O)O)C(=O)c1cc(NC(=O)OCC2c3ccccc3-c3ccccc32)ccc1Br. The lowest BCUT2D eigenvalue weighted by Gasteiger charge is -2.17. The molecule has 0 atom stereocenters. The summed E-state index contributed by atoms with van der Waals surface area (Å²) in [4.78, 5) is 40.7. The van der Waals surface area contributed by atoms with Crippen molar-refractivity contribution < 1.29 is 29.1 Å². The van der Waals surface area contributed by atoms with Crippen molar-refractivity contribution in [1.82, 2.24) is 5.06 Å². The minimum absolute atomic E-state index is 0.0692. The monoisotopic (exact) mass is 524 g/mol. The molecule has 34 heavy (non-hydrogen) atoms. The Balaban J connectivity index is 1.43. The standard InChI is InChI=1S/C25H21BrN2O6/c1-28(34-14-23(29)30)24(31)20-12-15(10-11-22(20)26)27-25(32)33-13-21-18-8-4-2-6-16(18)17-7-3-5-9-19(17)21/h2-12,21H,13-14H2,1H3,(H,27,32)(H,29,30). The molecule has 0 saturated heterocycles. The van der Waals surface area contributed by atoms with Gasteiger partial charge in [-0.1, -0.05) is 48.5 Å². The van der Waals surface area contributed by atoms with Gasteiger partial charge >= 0.3 is 12.1 Å². The number of hydrogen-bond donors (Lipinski definition) is 2. The van der Waals surface area contributed by atoms with Crippen molar-refractivity contribution >= 4 is 39.6 Å². The molecule has 1 aliphatic rings. The fourth-order valence-corrected chi connectivity index (χ4v) is 4.32. The maximum atomic E-state index is 12.6. The van der Waals surface area contributed by atoms with E-state index < -0.39 is 24.6 Å². The maximum absolute atomic E-state index is 12.6. The zero-order valence-electron chi connectivity index (χ0n) is 18.2. The Morgan fingerprint density at radius 1 is 1.00 bits per heavy atom. The van der Waals surface area contributed by atoms with E-state index in [9.17, 15) is 14.4 Å². The van der Waals surface area contributed by atoms with Crippen molar-refractivity contribution in [1.29, 1.82) is 0 Å². The molecule has 0 fully saturated rings. The van der Waals surface area contributed by atoms with Crippen LogP contribution in [0.3, 0.4) is 0 Å². The van der Waals surface area contributed by atoms with E-state index in [1.165, 1.54) is 13.1 Å². The highest BCUT2D eigenvalue weighted by Crippen LogP contribution is 2.44. The van der Waals surface area contributed by atoms with Crippen LogP contribution < -0.4 is 5.32 Å². The average Bonchev–Trinajstić information content (AvgIpc) is 3.15. The minimum Gasteiger partial charge on any atom is -0.479 e. The second-order valence-corrected chi connectivity index (χ2v) is 8.47. The van der Waals surface area contributed by atoms with Crippen LogP contribution in [-0.2, 0) is 14.4 Å². The van der Waals surface area contributed by atoms with Crippen LogP contribution >= 0.6 is 15.9 Å². The predicted octanol–water partition coefficient (Wildman–Crippen LogP) is 4.90. The van der Waals surface area contributed by atoms with Crippen LogP contribution in [0.1, 0.15) is 27.4 Å². The molecule has 0 radical (unpaired) electrons. The summed E-state index contributed by atoms with van der Waals surface area (Å²) in [7, 11) is 1.31. The molecule has 0 saturated carbocycles. The second-order valence-electron chi connectivity index (χ2n) is 7.61. The molecule has 0 aromatic heterocycles. The third-order valence-corrected chi connectivity index (χ3v) is 6.15. The van der Waals surface area contributed by atoms with Crippen molar-refractivity contribution in [2.45, 2.75) is 5.92 Å². The highest BCUT2D eigenvalue weighted by Gasteiger charge is 2.29. The van der Waals surface area contributed by atoms with Gasteiger partial charge in [0, 0.05) is 23.1 Å². The zero-order valence-corrected chi connectivity index (χ0v) is 19.7. The van der Waals surface area contributed by atoms with Gasteiger partial charge < -0.3 is 9.84 Å². The number of rotatable bonds is 7. The Morgan fingerprint density at radius 2 is 1.62 bits per heavy atom. The van der Waals surface area contributed by atoms with Gasteiger partial charge in [0.2, 0.25) is 0 Å². The molecule has 0 heterocycles. The summed E-state index contributed by atoms with van der Waals surface area (Å²) < 4.78 is 6.00. The van der Waals surface area contributed by atoms with Crippen molar-refractivity contribution in [2.24, 2.45) is 0 Å². The number of amides is 2. The van der Waals surface area contributed by atoms with Crippen molar-refractivity contribution in [3.8, 4) is 11.1 Å². The summed E-state index contributed by atoms with van der Waals surface area (Å²) in [5.74, 6) is -1.85. The summed E-state index contributed by atoms with van der Waals surface area (Å²) in [6, 6.07) is 20.8. The lowest BCUT2D eigenvalue weighted by atomic mass is 9.98. The highest BCUT2D eigenvalue weighted by atomic mass is 79.9. The maximum Gasteiger partial charge on any atom is 0.411 e. The van der Waals surface area contributed by atoms with E-state index in [0.717, 1.165) is 27.3 Å². The van der Waals surface area contributed by atoms with E-state index >= 15 is 0 Å². The number of carboxylic acid groups (broad SMARTS) is 1. The highest BCUT2D eigenvalue weighted by molar-refractivity contribution is 9.10. The third-order valence-electron chi connectivity index (χ3n) is 5.45. The summed E-state index contributed by atoms with van der Waals surface area (Å²) in [6.07, 6.45) is -0.655. The first-order chi connectivity index (χ1) is 16.3. The van der Waals surface area contributed by atoms with Gasteiger partial charge in [0.1, 0.15) is 6.61 Å². The van der Waals surface area contributed by atoms with E-state index in [2.05, 4.69) is 33.4 Å². The molecule has 3 aromatic carbocycles. The lowest BCUT2D eigenvalue weighted by Crippen LogP contribution is -2.29. The number of nitrogens with zero attached hydrogens (tertiary/aromatic N) is 1. The number of anilines is 1. The molecule has 9 heteroatoms. The quantitative estimate of drug-likeness (QED) is 0.426. The first kappa shape index (κ1) is 23.5. The largest absolute Gasteiger partial charge is 0.479 e. The first-order valence-electron chi connectivity index (χ1n) is 10.4. The van der Waals surface area contributed by atoms with Crippen LogP contribution in [0.25, 0.3) is 11.1 Å². The summed E-state index contributed by atoms with van der Waals surface area (Å²) in [6.45, 7) is -0.495. The summed E-state index contributed by atoms with van der Waals surface area (Å²) in [5.41, 5.74) is 5.02. The van der Waals surface area contributed by atoms with Crippen molar-refractivity contribution in [2.75, 3.05) is 25.6 Å². The zero-order chi connectivity index (χ0) is 24.2. The Hall–Kier alpha value is -3.69. The van der Waals surface area contributed by atoms with Crippen LogP contribution in [0.2, 0.25) is 0 Å². The number of hydrogen-bond acceptors (Lipinski definition) is 5. The molecule has 0 bridgehead atoms. The number of carbonyl (C=O) groups is 3. The molecule has 1 aliphatic carbocycles. The Bertz CT molecular complexity index is 1220. The van der Waals surface area contributed by atoms with Crippen molar-refractivity contribution in [3.05, 3.63) is 87.9 Å². The second kappa shape index (κ2) is 10.1. The third kappa shape index (κ3) is 4.95. The van der Waals surface area contributed by atoms with Crippen LogP contribution in [0, 0.1) is 0 Å². The van der Waals surface area contributed by atoms with Crippen LogP contribution in [0.5, 0.6) is 0 Å². The normalized spacial score (nSPS) is 11.9. The molecule has 8 nitrogen and oxygen atoms in total. The summed E-state index contributed by atoms with van der Waals surface area (Å²) >= 11 is 3.29. The van der Waals surface area contributed by atoms with Gasteiger partial charge in [0.05, 0.1) is 5.56 Å². The minimum atomic E-state index is -1.20. The van der Waals surface area contributed by atoms with Gasteiger partial charge in [-0.3, -0.25) is 14.9 Å². The van der Waals surface area contributed by atoms with E-state index in [1.54, 1.807) is 12.1 Å². The van der Waals surface area contributed by atoms with E-state index in [-0.39, 0.29) is 18.1 Å². The number of carbonyl (C=O) groups excluding carboxylic acids is 2. The van der Waals surface area contributed by atoms with Crippen LogP contribution in [0.15, 0.2) is 71.2 Å². The van der Waals surface area contributed by atoms with Gasteiger partial charge in [-0.05, 0) is 56.4 Å². The smallest absolute Gasteiger partial charge is 0.411 e. The Kier molecular flexibility index (Phi) is 6.95. The molecule has 0 spiro atoms. The van der Waals surface area contributed by atoms with Gasteiger partial charge in [-0.2, -0.15) is 0 Å². The molecule has 174 valence electrons. The molecule has 2 amide bonds. The number of ether oxygens (including phenoxy) is 1. The molecule has 0 aliphatic heterocycles. The molecule has 4 rings (SSSR count). The molecule has 0 unspecified atom stereocenters. The molecule has 3 aromatic rings. The molecule has 2 N–H and O–H groups in total. The Morgan fingerprint density at radius 3 is 2.24 bits per heavy atom. The van der Waals surface area contributed by atoms with Crippen LogP contribution in [-0.4, -0.2) is 48.4 Å².